The standard InChI is InChI=1S/C27H32N2O6/c1-17(2)11-18(26(32)29-13-19(14-29)34-16-25(30)31)12-28-27(33)35-15-24-22-9-5-3-7-20(22)21-8-4-6-10-23(21)24/h3-10,17-19,24H,11-16H2,1-2H3,(H,28,33)(H,30,31). The molecule has 2 amide bonds. The lowest BCUT2D eigenvalue weighted by Gasteiger charge is -2.40. The predicted molar refractivity (Wildman–Crippen MR) is 130 cm³/mol. The second-order valence-electron chi connectivity index (χ2n) is 9.60. The van der Waals surface area contributed by atoms with Gasteiger partial charge in [0.1, 0.15) is 13.2 Å². The summed E-state index contributed by atoms with van der Waals surface area (Å²) < 4.78 is 10.8. The number of aliphatic carboxylic acids is 1. The largest absolute Gasteiger partial charge is 0.480 e. The highest BCUT2D eigenvalue weighted by molar-refractivity contribution is 5.81. The van der Waals surface area contributed by atoms with Gasteiger partial charge in [0.25, 0.3) is 0 Å². The fourth-order valence-electron chi connectivity index (χ4n) is 4.87. The van der Waals surface area contributed by atoms with Crippen LogP contribution in [-0.4, -0.2) is 66.9 Å². The molecule has 2 N–H and O–H groups in total. The van der Waals surface area contributed by atoms with Gasteiger partial charge in [0.15, 0.2) is 0 Å². The number of ether oxygens (including phenoxy) is 2. The first kappa shape index (κ1) is 24.7. The van der Waals surface area contributed by atoms with Crippen LogP contribution in [0.4, 0.5) is 4.79 Å². The van der Waals surface area contributed by atoms with Crippen LogP contribution in [0.2, 0.25) is 0 Å². The SMILES string of the molecule is CC(C)CC(CNC(=O)OCC1c2ccccc2-c2ccccc21)C(=O)N1CC(OCC(=O)O)C1. The average Bonchev–Trinajstić information content (AvgIpc) is 3.12. The highest BCUT2D eigenvalue weighted by Gasteiger charge is 2.36. The molecule has 1 atom stereocenters. The van der Waals surface area contributed by atoms with Crippen LogP contribution in [0, 0.1) is 11.8 Å². The molecule has 0 aromatic heterocycles. The summed E-state index contributed by atoms with van der Waals surface area (Å²) in [6, 6.07) is 16.3. The number of rotatable bonds is 10. The summed E-state index contributed by atoms with van der Waals surface area (Å²) in [6.07, 6.45) is -0.177. The summed E-state index contributed by atoms with van der Waals surface area (Å²) in [7, 11) is 0. The van der Waals surface area contributed by atoms with Gasteiger partial charge in [0.2, 0.25) is 5.91 Å². The highest BCUT2D eigenvalue weighted by Crippen LogP contribution is 2.44. The summed E-state index contributed by atoms with van der Waals surface area (Å²) in [5.74, 6) is -1.22. The summed E-state index contributed by atoms with van der Waals surface area (Å²) in [5.41, 5.74) is 4.62. The molecule has 8 heteroatoms. The number of carbonyl (C=O) groups is 3. The Morgan fingerprint density at radius 2 is 1.63 bits per heavy atom. The van der Waals surface area contributed by atoms with Crippen molar-refractivity contribution < 1.29 is 29.0 Å². The first-order chi connectivity index (χ1) is 16.8. The number of benzene rings is 2. The minimum atomic E-state index is -1.03. The van der Waals surface area contributed by atoms with E-state index in [9.17, 15) is 14.4 Å². The third-order valence-corrected chi connectivity index (χ3v) is 6.54. The summed E-state index contributed by atoms with van der Waals surface area (Å²) in [4.78, 5) is 37.8. The van der Waals surface area contributed by atoms with Crippen molar-refractivity contribution in [3.05, 3.63) is 59.7 Å². The Morgan fingerprint density at radius 1 is 1.03 bits per heavy atom. The quantitative estimate of drug-likeness (QED) is 0.539. The average molecular weight is 481 g/mol. The Labute approximate surface area is 205 Å². The molecule has 1 saturated heterocycles. The van der Waals surface area contributed by atoms with Crippen molar-refractivity contribution in [2.24, 2.45) is 11.8 Å². The zero-order valence-electron chi connectivity index (χ0n) is 20.1. The molecule has 8 nitrogen and oxygen atoms in total. The lowest BCUT2D eigenvalue weighted by atomic mass is 9.94. The third-order valence-electron chi connectivity index (χ3n) is 6.54. The molecule has 1 fully saturated rings. The smallest absolute Gasteiger partial charge is 0.407 e. The minimum absolute atomic E-state index is 0.0231. The molecule has 1 aliphatic carbocycles. The molecule has 1 aliphatic heterocycles. The van der Waals surface area contributed by atoms with Crippen molar-refractivity contribution in [1.29, 1.82) is 0 Å². The summed E-state index contributed by atoms with van der Waals surface area (Å²) >= 11 is 0. The fraction of sp³-hybridized carbons (Fsp3) is 0.444. The van der Waals surface area contributed by atoms with E-state index in [1.54, 1.807) is 4.90 Å². The van der Waals surface area contributed by atoms with Gasteiger partial charge >= 0.3 is 12.1 Å². The van der Waals surface area contributed by atoms with Crippen LogP contribution in [0.25, 0.3) is 11.1 Å². The van der Waals surface area contributed by atoms with Gasteiger partial charge in [-0.15, -0.1) is 0 Å². The Morgan fingerprint density at radius 3 is 2.20 bits per heavy atom. The molecular formula is C27H32N2O6. The Hall–Kier alpha value is -3.39. The molecule has 4 rings (SSSR count). The fourth-order valence-corrected chi connectivity index (χ4v) is 4.87. The lowest BCUT2D eigenvalue weighted by Crippen LogP contribution is -2.57. The number of nitrogens with one attached hydrogen (secondary N) is 1. The molecule has 1 unspecified atom stereocenters. The first-order valence-corrected chi connectivity index (χ1v) is 12.0. The number of carboxylic acids is 1. The number of carbonyl (C=O) groups excluding carboxylic acids is 2. The van der Waals surface area contributed by atoms with Crippen molar-refractivity contribution >= 4 is 18.0 Å². The number of nitrogens with zero attached hydrogens (tertiary/aromatic N) is 1. The number of likely N-dealkylation sites (tertiary alicyclic amines) is 1. The number of fused-ring (bicyclic) bond motifs is 3. The van der Waals surface area contributed by atoms with Gasteiger partial charge in [-0.2, -0.15) is 0 Å². The topological polar surface area (TPSA) is 105 Å². The van der Waals surface area contributed by atoms with E-state index in [0.717, 1.165) is 11.1 Å². The first-order valence-electron chi connectivity index (χ1n) is 12.0. The zero-order chi connectivity index (χ0) is 24.9. The van der Waals surface area contributed by atoms with E-state index in [1.807, 2.05) is 38.1 Å². The van der Waals surface area contributed by atoms with E-state index < -0.39 is 12.1 Å². The van der Waals surface area contributed by atoms with Crippen LogP contribution in [0.3, 0.4) is 0 Å². The number of carboxylic acid groups (broad SMARTS) is 1. The van der Waals surface area contributed by atoms with Crippen LogP contribution >= 0.6 is 0 Å². The molecule has 0 radical (unpaired) electrons. The highest BCUT2D eigenvalue weighted by atomic mass is 16.5. The number of alkyl carbamates (subject to hydrolysis) is 1. The number of amides is 2. The molecule has 2 aliphatic rings. The van der Waals surface area contributed by atoms with Crippen molar-refractivity contribution in [2.45, 2.75) is 32.3 Å². The van der Waals surface area contributed by atoms with Gasteiger partial charge in [-0.1, -0.05) is 62.4 Å². The molecular weight excluding hydrogens is 448 g/mol. The van der Waals surface area contributed by atoms with Gasteiger partial charge in [-0.25, -0.2) is 9.59 Å². The van der Waals surface area contributed by atoms with E-state index in [1.165, 1.54) is 11.1 Å². The van der Waals surface area contributed by atoms with Crippen LogP contribution < -0.4 is 5.32 Å². The van der Waals surface area contributed by atoms with Crippen LogP contribution in [0.5, 0.6) is 0 Å². The molecule has 35 heavy (non-hydrogen) atoms. The summed E-state index contributed by atoms with van der Waals surface area (Å²) in [6.45, 7) is 4.83. The Kier molecular flexibility index (Phi) is 7.70. The Bertz CT molecular complexity index is 1030. The van der Waals surface area contributed by atoms with Crippen molar-refractivity contribution in [3.8, 4) is 11.1 Å². The van der Waals surface area contributed by atoms with Gasteiger partial charge in [-0.3, -0.25) is 4.79 Å². The maximum atomic E-state index is 13.0. The monoisotopic (exact) mass is 480 g/mol. The van der Waals surface area contributed by atoms with E-state index in [2.05, 4.69) is 29.6 Å². The van der Waals surface area contributed by atoms with Gasteiger partial charge in [0.05, 0.1) is 12.0 Å². The maximum Gasteiger partial charge on any atom is 0.407 e. The van der Waals surface area contributed by atoms with Crippen molar-refractivity contribution in [3.63, 3.8) is 0 Å². The van der Waals surface area contributed by atoms with E-state index >= 15 is 0 Å². The molecule has 2 aromatic rings. The second kappa shape index (κ2) is 10.9. The zero-order valence-corrected chi connectivity index (χ0v) is 20.1. The van der Waals surface area contributed by atoms with E-state index in [-0.39, 0.29) is 49.5 Å². The normalized spacial score (nSPS) is 15.8. The van der Waals surface area contributed by atoms with Gasteiger partial charge in [-0.05, 0) is 34.6 Å². The minimum Gasteiger partial charge on any atom is -0.480 e. The number of hydrogen-bond donors (Lipinski definition) is 2. The van der Waals surface area contributed by atoms with Gasteiger partial charge in [0, 0.05) is 25.6 Å². The number of hydrogen-bond acceptors (Lipinski definition) is 5. The molecule has 186 valence electrons. The molecule has 0 bridgehead atoms. The van der Waals surface area contributed by atoms with E-state index in [4.69, 9.17) is 14.6 Å². The molecule has 0 saturated carbocycles. The summed E-state index contributed by atoms with van der Waals surface area (Å²) in [5, 5.41) is 11.5. The van der Waals surface area contributed by atoms with Crippen molar-refractivity contribution in [2.75, 3.05) is 32.8 Å². The Balaban J connectivity index is 1.29. The van der Waals surface area contributed by atoms with Crippen LogP contribution in [0.15, 0.2) is 48.5 Å². The van der Waals surface area contributed by atoms with Crippen LogP contribution in [0.1, 0.15) is 37.3 Å². The van der Waals surface area contributed by atoms with Crippen LogP contribution in [-0.2, 0) is 19.1 Å². The second-order valence-corrected chi connectivity index (χ2v) is 9.60. The maximum absolute atomic E-state index is 13.0. The van der Waals surface area contributed by atoms with E-state index in [0.29, 0.717) is 19.5 Å². The van der Waals surface area contributed by atoms with Gasteiger partial charge < -0.3 is 24.8 Å². The molecule has 1 heterocycles. The van der Waals surface area contributed by atoms with Crippen molar-refractivity contribution in [1.82, 2.24) is 10.2 Å². The third kappa shape index (κ3) is 5.82. The predicted octanol–water partition coefficient (Wildman–Crippen LogP) is 3.50. The molecule has 2 aromatic carbocycles. The molecule has 0 spiro atoms. The lowest BCUT2D eigenvalue weighted by molar-refractivity contribution is -0.156.